The van der Waals surface area contributed by atoms with Gasteiger partial charge in [-0.3, -0.25) is 14.9 Å². The number of thiazole rings is 1. The number of hydrogen-bond acceptors (Lipinski definition) is 5. The summed E-state index contributed by atoms with van der Waals surface area (Å²) >= 11 is 1.39. The van der Waals surface area contributed by atoms with Crippen molar-refractivity contribution in [1.82, 2.24) is 4.98 Å². The van der Waals surface area contributed by atoms with E-state index in [0.717, 1.165) is 16.0 Å². The van der Waals surface area contributed by atoms with E-state index in [-0.39, 0.29) is 22.8 Å². The zero-order valence-electron chi connectivity index (χ0n) is 16.4. The molecule has 0 bridgehead atoms. The van der Waals surface area contributed by atoms with Gasteiger partial charge in [-0.05, 0) is 30.5 Å². The lowest BCUT2D eigenvalue weighted by Crippen LogP contribution is -2.13. The molecule has 0 saturated carbocycles. The summed E-state index contributed by atoms with van der Waals surface area (Å²) < 4.78 is 6.14. The molecule has 0 fully saturated rings. The Balaban J connectivity index is 1.86. The lowest BCUT2D eigenvalue weighted by atomic mass is 9.95. The molecule has 4 aromatic rings. The van der Waals surface area contributed by atoms with Crippen LogP contribution in [0.2, 0.25) is 0 Å². The molecule has 6 heteroatoms. The predicted molar refractivity (Wildman–Crippen MR) is 117 cm³/mol. The number of carbonyl (C=O) groups is 1. The van der Waals surface area contributed by atoms with Crippen LogP contribution in [0.3, 0.4) is 0 Å². The third-order valence-corrected chi connectivity index (χ3v) is 5.52. The highest BCUT2D eigenvalue weighted by Crippen LogP contribution is 2.31. The second kappa shape index (κ2) is 7.64. The zero-order valence-corrected chi connectivity index (χ0v) is 17.2. The predicted octanol–water partition coefficient (Wildman–Crippen LogP) is 5.60. The Morgan fingerprint density at radius 2 is 1.93 bits per heavy atom. The number of aromatic nitrogens is 1. The quantitative estimate of drug-likeness (QED) is 0.480. The summed E-state index contributed by atoms with van der Waals surface area (Å²) in [6.07, 6.45) is 1.70. The minimum Gasteiger partial charge on any atom is -0.455 e. The number of anilines is 1. The van der Waals surface area contributed by atoms with Crippen molar-refractivity contribution in [3.05, 3.63) is 81.0 Å². The molecule has 2 heterocycles. The molecular weight excluding hydrogens is 384 g/mol. The highest BCUT2D eigenvalue weighted by Gasteiger charge is 2.18. The van der Waals surface area contributed by atoms with E-state index >= 15 is 0 Å². The second-order valence-corrected chi connectivity index (χ2v) is 8.36. The summed E-state index contributed by atoms with van der Waals surface area (Å²) in [7, 11) is 0. The topological polar surface area (TPSA) is 72.2 Å². The normalized spacial score (nSPS) is 11.2. The number of carbonyl (C=O) groups excluding carboxylic acids is 1. The number of amides is 1. The van der Waals surface area contributed by atoms with Crippen LogP contribution in [0.5, 0.6) is 0 Å². The van der Waals surface area contributed by atoms with E-state index in [1.165, 1.54) is 17.4 Å². The van der Waals surface area contributed by atoms with Crippen molar-refractivity contribution in [2.75, 3.05) is 5.32 Å². The number of para-hydroxylation sites is 1. The average molecular weight is 404 g/mol. The van der Waals surface area contributed by atoms with Crippen LogP contribution >= 0.6 is 11.3 Å². The smallest absolute Gasteiger partial charge is 0.261 e. The van der Waals surface area contributed by atoms with E-state index in [2.05, 4.69) is 24.1 Å². The molecule has 29 heavy (non-hydrogen) atoms. The van der Waals surface area contributed by atoms with Crippen molar-refractivity contribution >= 4 is 33.3 Å². The van der Waals surface area contributed by atoms with Crippen molar-refractivity contribution in [1.29, 1.82) is 0 Å². The summed E-state index contributed by atoms with van der Waals surface area (Å²) in [5, 5.41) is 3.67. The molecule has 1 N–H and O–H groups in total. The Kier molecular flexibility index (Phi) is 5.03. The first-order valence-corrected chi connectivity index (χ1v) is 10.2. The van der Waals surface area contributed by atoms with E-state index < -0.39 is 0 Å². The van der Waals surface area contributed by atoms with Crippen molar-refractivity contribution in [3.63, 3.8) is 0 Å². The van der Waals surface area contributed by atoms with Crippen LogP contribution in [-0.2, 0) is 0 Å². The Bertz CT molecular complexity index is 1270. The number of rotatable bonds is 4. The largest absolute Gasteiger partial charge is 0.455 e. The van der Waals surface area contributed by atoms with Crippen LogP contribution in [0.4, 0.5) is 5.13 Å². The van der Waals surface area contributed by atoms with Gasteiger partial charge in [-0.1, -0.05) is 44.2 Å². The molecule has 0 saturated heterocycles. The van der Waals surface area contributed by atoms with Crippen LogP contribution in [0.1, 0.15) is 40.6 Å². The number of fused-ring (bicyclic) bond motifs is 1. The molecule has 0 aliphatic heterocycles. The molecule has 0 aliphatic rings. The Morgan fingerprint density at radius 1 is 1.14 bits per heavy atom. The van der Waals surface area contributed by atoms with E-state index in [1.54, 1.807) is 24.4 Å². The van der Waals surface area contributed by atoms with E-state index in [4.69, 9.17) is 4.42 Å². The summed E-state index contributed by atoms with van der Waals surface area (Å²) in [6.45, 7) is 6.10. The first-order valence-electron chi connectivity index (χ1n) is 9.34. The van der Waals surface area contributed by atoms with Crippen LogP contribution in [0, 0.1) is 6.92 Å². The minimum atomic E-state index is -0.359. The van der Waals surface area contributed by atoms with Crippen molar-refractivity contribution in [2.24, 2.45) is 0 Å². The molecule has 146 valence electrons. The second-order valence-electron chi connectivity index (χ2n) is 7.13. The third kappa shape index (κ3) is 3.71. The Morgan fingerprint density at radius 3 is 2.66 bits per heavy atom. The van der Waals surface area contributed by atoms with Crippen LogP contribution in [-0.4, -0.2) is 10.9 Å². The monoisotopic (exact) mass is 404 g/mol. The molecule has 0 aliphatic carbocycles. The fraction of sp³-hybridized carbons (Fsp3) is 0.174. The summed E-state index contributed by atoms with van der Waals surface area (Å²) in [6, 6.07) is 14.3. The van der Waals surface area contributed by atoms with Gasteiger partial charge >= 0.3 is 0 Å². The van der Waals surface area contributed by atoms with Crippen molar-refractivity contribution in [3.8, 4) is 11.3 Å². The van der Waals surface area contributed by atoms with Gasteiger partial charge in [0.25, 0.3) is 5.91 Å². The van der Waals surface area contributed by atoms with Gasteiger partial charge in [0.2, 0.25) is 0 Å². The average Bonchev–Trinajstić information content (AvgIpc) is 3.12. The molecular formula is C23H20N2O3S. The summed E-state index contributed by atoms with van der Waals surface area (Å²) in [4.78, 5) is 30.8. The highest BCUT2D eigenvalue weighted by atomic mass is 32.1. The first kappa shape index (κ1) is 19.1. The minimum absolute atomic E-state index is 0.181. The Hall–Kier alpha value is -3.25. The summed E-state index contributed by atoms with van der Waals surface area (Å²) in [5.41, 5.74) is 2.33. The van der Waals surface area contributed by atoms with Gasteiger partial charge in [0.15, 0.2) is 16.1 Å². The molecule has 2 aromatic carbocycles. The lowest BCUT2D eigenvalue weighted by Gasteiger charge is -2.13. The van der Waals surface area contributed by atoms with Gasteiger partial charge < -0.3 is 4.42 Å². The van der Waals surface area contributed by atoms with Crippen LogP contribution < -0.4 is 10.7 Å². The van der Waals surface area contributed by atoms with Gasteiger partial charge in [-0.15, -0.1) is 11.3 Å². The van der Waals surface area contributed by atoms with E-state index in [0.29, 0.717) is 21.8 Å². The van der Waals surface area contributed by atoms with Crippen LogP contribution in [0.15, 0.2) is 63.9 Å². The number of nitrogens with zero attached hydrogens (tertiary/aromatic N) is 1. The lowest BCUT2D eigenvalue weighted by molar-refractivity contribution is 0.102. The number of benzene rings is 2. The summed E-state index contributed by atoms with van der Waals surface area (Å²) in [5.74, 6) is 0.360. The zero-order chi connectivity index (χ0) is 20.5. The maximum Gasteiger partial charge on any atom is 0.261 e. The van der Waals surface area contributed by atoms with Gasteiger partial charge in [0.05, 0.1) is 10.9 Å². The van der Waals surface area contributed by atoms with Crippen molar-refractivity contribution in [2.45, 2.75) is 26.7 Å². The van der Waals surface area contributed by atoms with Gasteiger partial charge in [0, 0.05) is 22.7 Å². The molecule has 1 amide bonds. The molecule has 0 atom stereocenters. The SMILES string of the molecule is Cc1cnc(NC(=O)c2cccc3c(=O)cc(-c4ccccc4C(C)C)oc23)s1. The van der Waals surface area contributed by atoms with Crippen molar-refractivity contribution < 1.29 is 9.21 Å². The van der Waals surface area contributed by atoms with E-state index in [1.807, 2.05) is 31.2 Å². The maximum absolute atomic E-state index is 12.9. The maximum atomic E-state index is 12.9. The molecule has 4 rings (SSSR count). The molecule has 5 nitrogen and oxygen atoms in total. The molecule has 0 spiro atoms. The van der Waals surface area contributed by atoms with E-state index in [9.17, 15) is 9.59 Å². The highest BCUT2D eigenvalue weighted by molar-refractivity contribution is 7.15. The molecule has 2 aromatic heterocycles. The fourth-order valence-electron chi connectivity index (χ4n) is 3.29. The molecule has 0 radical (unpaired) electrons. The first-order chi connectivity index (χ1) is 13.9. The van der Waals surface area contributed by atoms with Gasteiger partial charge in [-0.25, -0.2) is 4.98 Å². The number of aryl methyl sites for hydroxylation is 1. The number of nitrogens with one attached hydrogen (secondary N) is 1. The van der Waals surface area contributed by atoms with Gasteiger partial charge in [0.1, 0.15) is 5.76 Å². The standard InChI is InChI=1S/C23H20N2O3S/c1-13(2)15-7-4-5-8-16(15)20-11-19(26)17-9-6-10-18(21(17)28-20)22(27)25-23-24-12-14(3)29-23/h4-13H,1-3H3,(H,24,25,27). The molecule has 0 unspecified atom stereocenters. The van der Waals surface area contributed by atoms with Crippen LogP contribution in [0.25, 0.3) is 22.3 Å². The third-order valence-electron chi connectivity index (χ3n) is 4.69. The van der Waals surface area contributed by atoms with Gasteiger partial charge in [-0.2, -0.15) is 0 Å². The number of hydrogen-bond donors (Lipinski definition) is 1. The fourth-order valence-corrected chi connectivity index (χ4v) is 3.95. The Labute approximate surface area is 172 Å².